The van der Waals surface area contributed by atoms with E-state index in [9.17, 15) is 0 Å². The molecule has 1 fully saturated rings. The van der Waals surface area contributed by atoms with Crippen LogP contribution in [0.2, 0.25) is 0 Å². The maximum Gasteiger partial charge on any atom is 0.125 e. The highest BCUT2D eigenvalue weighted by Gasteiger charge is 2.17. The van der Waals surface area contributed by atoms with Gasteiger partial charge in [-0.25, -0.2) is 4.98 Å². The molecular formula is C15H25N3. The van der Waals surface area contributed by atoms with Crippen LogP contribution in [0.4, 0.5) is 5.82 Å². The molecule has 1 aromatic heterocycles. The van der Waals surface area contributed by atoms with Crippen molar-refractivity contribution in [1.29, 1.82) is 0 Å². The van der Waals surface area contributed by atoms with E-state index >= 15 is 0 Å². The van der Waals surface area contributed by atoms with Crippen LogP contribution in [-0.2, 0) is 6.54 Å². The summed E-state index contributed by atoms with van der Waals surface area (Å²) in [5, 5.41) is 3.23. The molecule has 0 aromatic carbocycles. The van der Waals surface area contributed by atoms with Gasteiger partial charge in [-0.3, -0.25) is 4.90 Å². The first-order valence-electron chi connectivity index (χ1n) is 7.23. The first kappa shape index (κ1) is 13.3. The average molecular weight is 247 g/mol. The number of hydrogen-bond acceptors (Lipinski definition) is 3. The first-order valence-corrected chi connectivity index (χ1v) is 7.23. The predicted octanol–water partition coefficient (Wildman–Crippen LogP) is 3.14. The summed E-state index contributed by atoms with van der Waals surface area (Å²) in [6, 6.07) is 4.27. The van der Waals surface area contributed by atoms with E-state index in [0.29, 0.717) is 0 Å². The average Bonchev–Trinajstić information content (AvgIpc) is 2.42. The van der Waals surface area contributed by atoms with Crippen LogP contribution >= 0.6 is 0 Å². The van der Waals surface area contributed by atoms with Gasteiger partial charge in [0.05, 0.1) is 0 Å². The van der Waals surface area contributed by atoms with Crippen LogP contribution in [0.5, 0.6) is 0 Å². The fourth-order valence-corrected chi connectivity index (χ4v) is 2.61. The number of aromatic nitrogens is 1. The fraction of sp³-hybridized carbons (Fsp3) is 0.667. The molecule has 1 N–H and O–H groups in total. The van der Waals surface area contributed by atoms with Crippen LogP contribution < -0.4 is 5.32 Å². The molecule has 0 amide bonds. The van der Waals surface area contributed by atoms with E-state index < -0.39 is 0 Å². The van der Waals surface area contributed by atoms with Gasteiger partial charge in [0, 0.05) is 19.3 Å². The predicted molar refractivity (Wildman–Crippen MR) is 76.7 cm³/mol. The standard InChI is InChI=1S/C15H25N3/c1-3-13-7-9-18(10-8-13)12-14-5-6-15(16-4-2)17-11-14/h5-6,11,13H,3-4,7-10,12H2,1-2H3,(H,16,17). The number of hydrogen-bond donors (Lipinski definition) is 1. The molecular weight excluding hydrogens is 222 g/mol. The smallest absolute Gasteiger partial charge is 0.125 e. The van der Waals surface area contributed by atoms with Gasteiger partial charge in [-0.1, -0.05) is 19.4 Å². The second-order valence-corrected chi connectivity index (χ2v) is 5.21. The van der Waals surface area contributed by atoms with E-state index in [0.717, 1.165) is 24.8 Å². The van der Waals surface area contributed by atoms with E-state index in [1.165, 1.54) is 37.9 Å². The van der Waals surface area contributed by atoms with Crippen molar-refractivity contribution in [2.75, 3.05) is 25.0 Å². The number of nitrogens with zero attached hydrogens (tertiary/aromatic N) is 2. The van der Waals surface area contributed by atoms with Gasteiger partial charge in [0.1, 0.15) is 5.82 Å². The number of pyridine rings is 1. The Labute approximate surface area is 111 Å². The molecule has 0 spiro atoms. The highest BCUT2D eigenvalue weighted by Crippen LogP contribution is 2.21. The minimum Gasteiger partial charge on any atom is -0.370 e. The van der Waals surface area contributed by atoms with Gasteiger partial charge in [-0.05, 0) is 50.4 Å². The quantitative estimate of drug-likeness (QED) is 0.866. The van der Waals surface area contributed by atoms with Gasteiger partial charge in [0.15, 0.2) is 0 Å². The third kappa shape index (κ3) is 3.70. The third-order valence-corrected chi connectivity index (χ3v) is 3.87. The zero-order chi connectivity index (χ0) is 12.8. The normalized spacial score (nSPS) is 17.9. The van der Waals surface area contributed by atoms with Gasteiger partial charge in [0.2, 0.25) is 0 Å². The molecule has 0 atom stereocenters. The summed E-state index contributed by atoms with van der Waals surface area (Å²) in [4.78, 5) is 6.98. The van der Waals surface area contributed by atoms with Crippen molar-refractivity contribution in [2.45, 2.75) is 39.7 Å². The number of rotatable bonds is 5. The van der Waals surface area contributed by atoms with Crippen molar-refractivity contribution in [2.24, 2.45) is 5.92 Å². The van der Waals surface area contributed by atoms with Crippen molar-refractivity contribution >= 4 is 5.82 Å². The summed E-state index contributed by atoms with van der Waals surface area (Å²) >= 11 is 0. The molecule has 18 heavy (non-hydrogen) atoms. The SMILES string of the molecule is CCNc1ccc(CN2CCC(CC)CC2)cn1. The Hall–Kier alpha value is -1.09. The lowest BCUT2D eigenvalue weighted by Gasteiger charge is -2.31. The lowest BCUT2D eigenvalue weighted by atomic mass is 9.94. The number of nitrogens with one attached hydrogen (secondary N) is 1. The van der Waals surface area contributed by atoms with Crippen LogP contribution in [-0.4, -0.2) is 29.5 Å². The lowest BCUT2D eigenvalue weighted by molar-refractivity contribution is 0.175. The Morgan fingerprint density at radius 1 is 1.28 bits per heavy atom. The molecule has 0 saturated carbocycles. The van der Waals surface area contributed by atoms with Crippen molar-refractivity contribution in [3.05, 3.63) is 23.9 Å². The highest BCUT2D eigenvalue weighted by atomic mass is 15.1. The second-order valence-electron chi connectivity index (χ2n) is 5.21. The summed E-state index contributed by atoms with van der Waals surface area (Å²) in [6.45, 7) is 8.87. The van der Waals surface area contributed by atoms with Gasteiger partial charge < -0.3 is 5.32 Å². The molecule has 0 radical (unpaired) electrons. The molecule has 100 valence electrons. The van der Waals surface area contributed by atoms with Crippen molar-refractivity contribution in [1.82, 2.24) is 9.88 Å². The van der Waals surface area contributed by atoms with Crippen LogP contribution in [0.15, 0.2) is 18.3 Å². The number of piperidine rings is 1. The van der Waals surface area contributed by atoms with Gasteiger partial charge in [-0.15, -0.1) is 0 Å². The van der Waals surface area contributed by atoms with Crippen molar-refractivity contribution in [3.8, 4) is 0 Å². The topological polar surface area (TPSA) is 28.2 Å². The Balaban J connectivity index is 1.82. The number of likely N-dealkylation sites (tertiary alicyclic amines) is 1. The van der Waals surface area contributed by atoms with Gasteiger partial charge in [-0.2, -0.15) is 0 Å². The summed E-state index contributed by atoms with van der Waals surface area (Å²) in [6.07, 6.45) is 6.06. The van der Waals surface area contributed by atoms with E-state index in [4.69, 9.17) is 0 Å². The molecule has 0 aliphatic carbocycles. The summed E-state index contributed by atoms with van der Waals surface area (Å²) in [5.74, 6) is 1.93. The summed E-state index contributed by atoms with van der Waals surface area (Å²) < 4.78 is 0. The van der Waals surface area contributed by atoms with Crippen LogP contribution in [0.1, 0.15) is 38.7 Å². The summed E-state index contributed by atoms with van der Waals surface area (Å²) in [7, 11) is 0. The minimum absolute atomic E-state index is 0.927. The second kappa shape index (κ2) is 6.74. The largest absolute Gasteiger partial charge is 0.370 e. The van der Waals surface area contributed by atoms with Crippen LogP contribution in [0.25, 0.3) is 0 Å². The van der Waals surface area contributed by atoms with Crippen molar-refractivity contribution in [3.63, 3.8) is 0 Å². The Kier molecular flexibility index (Phi) is 5.00. The van der Waals surface area contributed by atoms with Crippen molar-refractivity contribution < 1.29 is 0 Å². The van der Waals surface area contributed by atoms with E-state index in [-0.39, 0.29) is 0 Å². The molecule has 2 rings (SSSR count). The maximum atomic E-state index is 4.43. The third-order valence-electron chi connectivity index (χ3n) is 3.87. The Morgan fingerprint density at radius 2 is 2.06 bits per heavy atom. The Morgan fingerprint density at radius 3 is 2.61 bits per heavy atom. The first-order chi connectivity index (χ1) is 8.81. The molecule has 1 aliphatic heterocycles. The zero-order valence-electron chi connectivity index (χ0n) is 11.7. The molecule has 1 aliphatic rings. The molecule has 1 saturated heterocycles. The van der Waals surface area contributed by atoms with Crippen LogP contribution in [0, 0.1) is 5.92 Å². The molecule has 3 heteroatoms. The maximum absolute atomic E-state index is 4.43. The molecule has 2 heterocycles. The van der Waals surface area contributed by atoms with E-state index in [1.54, 1.807) is 0 Å². The Bertz CT molecular complexity index is 339. The summed E-state index contributed by atoms with van der Waals surface area (Å²) in [5.41, 5.74) is 1.33. The monoisotopic (exact) mass is 247 g/mol. The zero-order valence-corrected chi connectivity index (χ0v) is 11.7. The highest BCUT2D eigenvalue weighted by molar-refractivity contribution is 5.35. The lowest BCUT2D eigenvalue weighted by Crippen LogP contribution is -2.33. The van der Waals surface area contributed by atoms with Crippen LogP contribution in [0.3, 0.4) is 0 Å². The van der Waals surface area contributed by atoms with Gasteiger partial charge >= 0.3 is 0 Å². The number of anilines is 1. The fourth-order valence-electron chi connectivity index (χ4n) is 2.61. The molecule has 1 aromatic rings. The van der Waals surface area contributed by atoms with E-state index in [1.807, 2.05) is 6.20 Å². The molecule has 0 unspecified atom stereocenters. The van der Waals surface area contributed by atoms with E-state index in [2.05, 4.69) is 41.2 Å². The molecule has 3 nitrogen and oxygen atoms in total. The molecule has 0 bridgehead atoms. The van der Waals surface area contributed by atoms with Gasteiger partial charge in [0.25, 0.3) is 0 Å². The minimum atomic E-state index is 0.927.